The van der Waals surface area contributed by atoms with Crippen molar-refractivity contribution in [3.8, 4) is 11.1 Å². The molecule has 0 spiro atoms. The average Bonchev–Trinajstić information content (AvgIpc) is 3.24. The Morgan fingerprint density at radius 3 is 2.42 bits per heavy atom. The van der Waals surface area contributed by atoms with Crippen molar-refractivity contribution in [1.29, 1.82) is 0 Å². The van der Waals surface area contributed by atoms with Gasteiger partial charge in [0.2, 0.25) is 0 Å². The van der Waals surface area contributed by atoms with Gasteiger partial charge >= 0.3 is 5.97 Å². The first kappa shape index (κ1) is 30.4. The number of aryl methyl sites for hydroxylation is 2. The minimum Gasteiger partial charge on any atom is -0.478 e. The second-order valence-corrected chi connectivity index (χ2v) is 12.8. The molecule has 0 saturated carbocycles. The number of carboxylic acid groups (broad SMARTS) is 1. The lowest BCUT2D eigenvalue weighted by Gasteiger charge is -2.47. The molecule has 0 bridgehead atoms. The number of hydrogen-bond acceptors (Lipinski definition) is 6. The first-order valence-corrected chi connectivity index (χ1v) is 14.4. The standard InChI is InChI=1S/C32H35ClFN5O4/c1-18-13-26(35-19(2)27(18)30(41)42)37-11-12-39(31(3,4)16-37)29(40)25-10-8-21-22(20-7-9-23(33)24(34)14-20)15-38(28(21)36-25)17-32(5,6)43/h7-10,13-15,43H,11-12,16-17H2,1-6H3,(H,41,42). The Hall–Kier alpha value is -4.02. The van der Waals surface area contributed by atoms with Crippen LogP contribution in [0.3, 0.4) is 0 Å². The third kappa shape index (κ3) is 5.94. The molecule has 11 heteroatoms. The molecule has 2 N–H and O–H groups in total. The maximum atomic E-state index is 14.3. The summed E-state index contributed by atoms with van der Waals surface area (Å²) < 4.78 is 16.1. The van der Waals surface area contributed by atoms with E-state index in [1.165, 1.54) is 12.1 Å². The monoisotopic (exact) mass is 607 g/mol. The minimum absolute atomic E-state index is 0.0241. The highest BCUT2D eigenvalue weighted by Crippen LogP contribution is 2.34. The predicted molar refractivity (Wildman–Crippen MR) is 164 cm³/mol. The molecule has 4 heterocycles. The van der Waals surface area contributed by atoms with E-state index in [0.29, 0.717) is 58.9 Å². The molecule has 1 amide bonds. The average molecular weight is 608 g/mol. The molecule has 0 unspecified atom stereocenters. The maximum Gasteiger partial charge on any atom is 0.337 e. The molecule has 0 aliphatic carbocycles. The van der Waals surface area contributed by atoms with Gasteiger partial charge in [0.25, 0.3) is 5.91 Å². The molecule has 43 heavy (non-hydrogen) atoms. The van der Waals surface area contributed by atoms with Gasteiger partial charge in [0.05, 0.1) is 34.0 Å². The fraction of sp³-hybridized carbons (Fsp3) is 0.375. The smallest absolute Gasteiger partial charge is 0.337 e. The van der Waals surface area contributed by atoms with Crippen molar-refractivity contribution in [2.75, 3.05) is 24.5 Å². The zero-order valence-corrected chi connectivity index (χ0v) is 25.8. The van der Waals surface area contributed by atoms with Crippen molar-refractivity contribution in [2.24, 2.45) is 0 Å². The molecule has 1 fully saturated rings. The van der Waals surface area contributed by atoms with E-state index in [0.717, 1.165) is 0 Å². The number of hydrogen-bond donors (Lipinski definition) is 2. The number of aromatic nitrogens is 3. The summed E-state index contributed by atoms with van der Waals surface area (Å²) in [6.45, 7) is 12.4. The number of rotatable bonds is 6. The Labute approximate surface area is 254 Å². The van der Waals surface area contributed by atoms with Crippen LogP contribution in [0.25, 0.3) is 22.2 Å². The number of fused-ring (bicyclic) bond motifs is 1. The van der Waals surface area contributed by atoms with Gasteiger partial charge in [-0.15, -0.1) is 0 Å². The molecule has 4 aromatic rings. The largest absolute Gasteiger partial charge is 0.478 e. The number of carbonyl (C=O) groups is 2. The summed E-state index contributed by atoms with van der Waals surface area (Å²) in [7, 11) is 0. The summed E-state index contributed by atoms with van der Waals surface area (Å²) in [4.78, 5) is 38.7. The zero-order chi connectivity index (χ0) is 31.4. The highest BCUT2D eigenvalue weighted by atomic mass is 35.5. The van der Waals surface area contributed by atoms with Crippen LogP contribution < -0.4 is 4.90 Å². The first-order chi connectivity index (χ1) is 20.1. The Bertz CT molecular complexity index is 1740. The number of carbonyl (C=O) groups excluding carboxylic acids is 1. The van der Waals surface area contributed by atoms with Crippen molar-refractivity contribution in [2.45, 2.75) is 59.2 Å². The fourth-order valence-electron chi connectivity index (χ4n) is 5.88. The van der Waals surface area contributed by atoms with E-state index in [2.05, 4.69) is 9.88 Å². The molecule has 1 aliphatic heterocycles. The van der Waals surface area contributed by atoms with Crippen molar-refractivity contribution in [3.63, 3.8) is 0 Å². The third-order valence-corrected chi connectivity index (χ3v) is 8.10. The Morgan fingerprint density at radius 1 is 1.09 bits per heavy atom. The molecule has 1 saturated heterocycles. The van der Waals surface area contributed by atoms with Crippen LogP contribution in [-0.4, -0.2) is 72.3 Å². The lowest BCUT2D eigenvalue weighted by Crippen LogP contribution is -2.61. The van der Waals surface area contributed by atoms with Gasteiger partial charge in [0, 0.05) is 36.8 Å². The number of benzene rings is 1. The number of carboxylic acids is 1. The third-order valence-electron chi connectivity index (χ3n) is 7.80. The van der Waals surface area contributed by atoms with Gasteiger partial charge in [-0.1, -0.05) is 17.7 Å². The zero-order valence-electron chi connectivity index (χ0n) is 25.1. The molecular formula is C32H35ClFN5O4. The second kappa shape index (κ2) is 10.9. The molecule has 1 aromatic carbocycles. The van der Waals surface area contributed by atoms with Crippen molar-refractivity contribution in [1.82, 2.24) is 19.4 Å². The SMILES string of the molecule is Cc1cc(N2CCN(C(=O)c3ccc4c(-c5ccc(Cl)c(F)c5)cn(CC(C)(C)O)c4n3)C(C)(C)C2)nc(C)c1C(=O)O. The maximum absolute atomic E-state index is 14.3. The lowest BCUT2D eigenvalue weighted by molar-refractivity contribution is 0.0507. The van der Waals surface area contributed by atoms with E-state index in [9.17, 15) is 24.2 Å². The summed E-state index contributed by atoms with van der Waals surface area (Å²) in [5.41, 5.74) is 1.71. The number of piperazine rings is 1. The van der Waals surface area contributed by atoms with Gasteiger partial charge in [-0.05, 0) is 83.0 Å². The van der Waals surface area contributed by atoms with Gasteiger partial charge in [0.15, 0.2) is 0 Å². The van der Waals surface area contributed by atoms with Gasteiger partial charge in [-0.3, -0.25) is 4.79 Å². The van der Waals surface area contributed by atoms with Crippen LogP contribution in [0.15, 0.2) is 42.6 Å². The van der Waals surface area contributed by atoms with E-state index in [1.807, 2.05) is 20.0 Å². The van der Waals surface area contributed by atoms with Gasteiger partial charge in [-0.25, -0.2) is 19.2 Å². The van der Waals surface area contributed by atoms with Crippen LogP contribution in [-0.2, 0) is 6.54 Å². The van der Waals surface area contributed by atoms with E-state index >= 15 is 0 Å². The number of halogens is 2. The van der Waals surface area contributed by atoms with E-state index in [1.54, 1.807) is 61.4 Å². The van der Waals surface area contributed by atoms with Gasteiger partial charge in [0.1, 0.15) is 23.0 Å². The van der Waals surface area contributed by atoms with E-state index in [-0.39, 0.29) is 28.7 Å². The quantitative estimate of drug-likeness (QED) is 0.288. The van der Waals surface area contributed by atoms with E-state index < -0.39 is 22.9 Å². The topological polar surface area (TPSA) is 112 Å². The molecule has 226 valence electrons. The molecular weight excluding hydrogens is 573 g/mol. The molecule has 3 aromatic heterocycles. The number of aromatic carboxylic acids is 1. The number of amides is 1. The fourth-order valence-corrected chi connectivity index (χ4v) is 5.99. The highest BCUT2D eigenvalue weighted by molar-refractivity contribution is 6.30. The van der Waals surface area contributed by atoms with Gasteiger partial charge in [-0.2, -0.15) is 0 Å². The number of aliphatic hydroxyl groups is 1. The number of nitrogens with zero attached hydrogens (tertiary/aromatic N) is 5. The van der Waals surface area contributed by atoms with Crippen LogP contribution in [0.2, 0.25) is 5.02 Å². The summed E-state index contributed by atoms with van der Waals surface area (Å²) >= 11 is 5.91. The molecule has 5 rings (SSSR count). The van der Waals surface area contributed by atoms with Gasteiger partial charge < -0.3 is 24.6 Å². The van der Waals surface area contributed by atoms with Crippen molar-refractivity contribution in [3.05, 3.63) is 75.9 Å². The van der Waals surface area contributed by atoms with E-state index in [4.69, 9.17) is 16.6 Å². The first-order valence-electron chi connectivity index (χ1n) is 14.0. The highest BCUT2D eigenvalue weighted by Gasteiger charge is 2.38. The summed E-state index contributed by atoms with van der Waals surface area (Å²) in [5, 5.41) is 20.9. The molecule has 1 aliphatic rings. The molecule has 0 radical (unpaired) electrons. The van der Waals surface area contributed by atoms with Crippen molar-refractivity contribution < 1.29 is 24.2 Å². The van der Waals surface area contributed by atoms with Crippen LogP contribution in [0.4, 0.5) is 10.2 Å². The molecule has 0 atom stereocenters. The molecule has 9 nitrogen and oxygen atoms in total. The number of pyridine rings is 2. The Morgan fingerprint density at radius 2 is 1.81 bits per heavy atom. The summed E-state index contributed by atoms with van der Waals surface area (Å²) in [6.07, 6.45) is 1.81. The van der Waals surface area contributed by atoms with Crippen molar-refractivity contribution >= 4 is 40.3 Å². The number of anilines is 1. The van der Waals surface area contributed by atoms with Crippen LogP contribution in [0, 0.1) is 19.7 Å². The second-order valence-electron chi connectivity index (χ2n) is 12.4. The lowest BCUT2D eigenvalue weighted by atomic mass is 9.97. The van der Waals surface area contributed by atoms with Crippen LogP contribution in [0.1, 0.15) is 59.8 Å². The predicted octanol–water partition coefficient (Wildman–Crippen LogP) is 5.72. The van der Waals surface area contributed by atoms with Crippen LogP contribution in [0.5, 0.6) is 0 Å². The Kier molecular flexibility index (Phi) is 7.73. The normalized spacial score (nSPS) is 15.3. The Balaban J connectivity index is 1.47. The van der Waals surface area contributed by atoms with Crippen LogP contribution >= 0.6 is 11.6 Å². The summed E-state index contributed by atoms with van der Waals surface area (Å²) in [5.74, 6) is -1.10. The minimum atomic E-state index is -1.07. The summed E-state index contributed by atoms with van der Waals surface area (Å²) in [6, 6.07) is 9.84.